The van der Waals surface area contributed by atoms with Gasteiger partial charge in [-0.2, -0.15) is 0 Å². The molecule has 0 spiro atoms. The molecule has 0 radical (unpaired) electrons. The Morgan fingerprint density at radius 1 is 1.12 bits per heavy atom. The fourth-order valence-corrected chi connectivity index (χ4v) is 4.84. The summed E-state index contributed by atoms with van der Waals surface area (Å²) in [7, 11) is 4.97. The molecule has 6 nitrogen and oxygen atoms in total. The fraction of sp³-hybridized carbons (Fsp3) is 0.269. The Morgan fingerprint density at radius 3 is 2.70 bits per heavy atom. The molecule has 4 aromatic rings. The summed E-state index contributed by atoms with van der Waals surface area (Å²) in [5.74, 6) is -0.0544. The number of carbonyl (C=O) groups is 1. The normalized spacial score (nSPS) is 15.1. The highest BCUT2D eigenvalue weighted by Crippen LogP contribution is 2.27. The third-order valence-electron chi connectivity index (χ3n) is 6.54. The Labute approximate surface area is 196 Å². The Kier molecular flexibility index (Phi) is 6.21. The number of amides is 1. The van der Waals surface area contributed by atoms with E-state index in [9.17, 15) is 4.79 Å². The summed E-state index contributed by atoms with van der Waals surface area (Å²) in [6, 6.07) is 15.2. The van der Waals surface area contributed by atoms with Crippen molar-refractivity contribution in [1.29, 1.82) is 0 Å². The third kappa shape index (κ3) is 4.68. The summed E-state index contributed by atoms with van der Waals surface area (Å²) in [6.07, 6.45) is 8.62. The maximum Gasteiger partial charge on any atom is 0.274 e. The maximum atomic E-state index is 13.5. The molecule has 1 aliphatic heterocycles. The van der Waals surface area contributed by atoms with Crippen molar-refractivity contribution in [1.82, 2.24) is 24.8 Å². The molecular formula is C26H28N5OP. The number of aromatic nitrogens is 3. The van der Waals surface area contributed by atoms with Crippen molar-refractivity contribution in [3.05, 3.63) is 78.5 Å². The van der Waals surface area contributed by atoms with E-state index in [1.807, 2.05) is 11.1 Å². The van der Waals surface area contributed by atoms with Crippen molar-refractivity contribution in [2.45, 2.75) is 25.4 Å². The molecular weight excluding hydrogens is 429 g/mol. The molecule has 2 aromatic heterocycles. The molecule has 1 amide bonds. The highest BCUT2D eigenvalue weighted by Gasteiger charge is 2.29. The number of hydrogen-bond acceptors (Lipinski definition) is 4. The Morgan fingerprint density at radius 2 is 1.91 bits per heavy atom. The molecule has 1 unspecified atom stereocenters. The van der Waals surface area contributed by atoms with Gasteiger partial charge in [0.25, 0.3) is 5.91 Å². The van der Waals surface area contributed by atoms with Crippen LogP contribution in [0.5, 0.6) is 0 Å². The zero-order valence-electron chi connectivity index (χ0n) is 18.7. The summed E-state index contributed by atoms with van der Waals surface area (Å²) in [5.41, 5.74) is 4.97. The van der Waals surface area contributed by atoms with Gasteiger partial charge in [0, 0.05) is 36.7 Å². The van der Waals surface area contributed by atoms with Crippen LogP contribution in [0.2, 0.25) is 0 Å². The maximum absolute atomic E-state index is 13.5. The SMILES string of the molecule is CN1CCC(N(Cc2cc(-c3ccc4[nH]ccc4c3)ccc2P)C(=O)c2cnccn2)CC1. The standard InChI is InChI=1S/C26H28N5OP/c1-30-12-7-22(8-13-30)31(26(32)24-16-27-10-11-29-24)17-21-15-19(3-5-25(21)33)18-2-4-23-20(14-18)6-9-28-23/h2-6,9-11,14-16,22,28H,7-8,12-13,17,33H2,1H3. The third-order valence-corrected chi connectivity index (χ3v) is 7.11. The summed E-state index contributed by atoms with van der Waals surface area (Å²) in [6.45, 7) is 2.52. The first-order valence-electron chi connectivity index (χ1n) is 11.3. The monoisotopic (exact) mass is 457 g/mol. The number of rotatable bonds is 5. The smallest absolute Gasteiger partial charge is 0.274 e. The zero-order valence-corrected chi connectivity index (χ0v) is 19.9. The summed E-state index contributed by atoms with van der Waals surface area (Å²) in [4.78, 5) is 29.5. The van der Waals surface area contributed by atoms with Crippen molar-refractivity contribution < 1.29 is 4.79 Å². The van der Waals surface area contributed by atoms with E-state index >= 15 is 0 Å². The van der Waals surface area contributed by atoms with Gasteiger partial charge in [0.15, 0.2) is 0 Å². The van der Waals surface area contributed by atoms with Gasteiger partial charge in [-0.25, -0.2) is 4.98 Å². The highest BCUT2D eigenvalue weighted by molar-refractivity contribution is 7.27. The number of likely N-dealkylation sites (tertiary alicyclic amines) is 1. The summed E-state index contributed by atoms with van der Waals surface area (Å²) < 4.78 is 0. The average molecular weight is 458 g/mol. The van der Waals surface area contributed by atoms with Crippen molar-refractivity contribution in [2.24, 2.45) is 0 Å². The molecule has 168 valence electrons. The van der Waals surface area contributed by atoms with E-state index in [-0.39, 0.29) is 11.9 Å². The topological polar surface area (TPSA) is 65.1 Å². The number of fused-ring (bicyclic) bond motifs is 1. The molecule has 7 heteroatoms. The molecule has 1 aliphatic rings. The molecule has 1 atom stereocenters. The van der Waals surface area contributed by atoms with Crippen LogP contribution in [-0.2, 0) is 6.54 Å². The zero-order chi connectivity index (χ0) is 22.8. The quantitative estimate of drug-likeness (QED) is 0.462. The van der Waals surface area contributed by atoms with Crippen LogP contribution in [0, 0.1) is 0 Å². The van der Waals surface area contributed by atoms with Gasteiger partial charge in [-0.05, 0) is 84.6 Å². The minimum atomic E-state index is -0.0544. The summed E-state index contributed by atoms with van der Waals surface area (Å²) >= 11 is 0. The van der Waals surface area contributed by atoms with Gasteiger partial charge in [-0.3, -0.25) is 9.78 Å². The van der Waals surface area contributed by atoms with Gasteiger partial charge in [0.05, 0.1) is 6.20 Å². The minimum Gasteiger partial charge on any atom is -0.361 e. The molecule has 0 aliphatic carbocycles. The van der Waals surface area contributed by atoms with Gasteiger partial charge in [0.2, 0.25) is 0 Å². The van der Waals surface area contributed by atoms with Gasteiger partial charge in [0.1, 0.15) is 5.69 Å². The van der Waals surface area contributed by atoms with Gasteiger partial charge >= 0.3 is 0 Å². The lowest BCUT2D eigenvalue weighted by molar-refractivity contribution is 0.0564. The molecule has 0 saturated carbocycles. The van der Waals surface area contributed by atoms with Crippen LogP contribution in [0.4, 0.5) is 0 Å². The van der Waals surface area contributed by atoms with E-state index in [1.165, 1.54) is 10.9 Å². The highest BCUT2D eigenvalue weighted by atomic mass is 31.0. The Hall–Kier alpha value is -3.08. The lowest BCUT2D eigenvalue weighted by atomic mass is 9.99. The summed E-state index contributed by atoms with van der Waals surface area (Å²) in [5, 5.41) is 2.29. The number of hydrogen-bond donors (Lipinski definition) is 1. The largest absolute Gasteiger partial charge is 0.361 e. The molecule has 33 heavy (non-hydrogen) atoms. The molecule has 5 rings (SSSR count). The second-order valence-corrected chi connectivity index (χ2v) is 9.37. The predicted molar refractivity (Wildman–Crippen MR) is 136 cm³/mol. The van der Waals surface area contributed by atoms with E-state index < -0.39 is 0 Å². The second-order valence-electron chi connectivity index (χ2n) is 8.75. The van der Waals surface area contributed by atoms with E-state index in [1.54, 1.807) is 18.6 Å². The number of aromatic amines is 1. The van der Waals surface area contributed by atoms with Crippen molar-refractivity contribution in [3.8, 4) is 11.1 Å². The Balaban J connectivity index is 1.47. The Bertz CT molecular complexity index is 1260. The van der Waals surface area contributed by atoms with Gasteiger partial charge in [-0.1, -0.05) is 18.2 Å². The van der Waals surface area contributed by atoms with Crippen molar-refractivity contribution in [2.75, 3.05) is 20.1 Å². The molecule has 3 heterocycles. The van der Waals surface area contributed by atoms with E-state index in [2.05, 4.69) is 78.6 Å². The van der Waals surface area contributed by atoms with Crippen LogP contribution in [-0.4, -0.2) is 56.8 Å². The molecule has 1 N–H and O–H groups in total. The lowest BCUT2D eigenvalue weighted by Gasteiger charge is -2.37. The van der Waals surface area contributed by atoms with E-state index in [4.69, 9.17) is 0 Å². The van der Waals surface area contributed by atoms with E-state index in [0.29, 0.717) is 12.2 Å². The number of H-pyrrole nitrogens is 1. The van der Waals surface area contributed by atoms with Crippen LogP contribution in [0.25, 0.3) is 22.0 Å². The van der Waals surface area contributed by atoms with Crippen LogP contribution >= 0.6 is 9.24 Å². The first-order valence-corrected chi connectivity index (χ1v) is 11.9. The fourth-order valence-electron chi connectivity index (χ4n) is 4.57. The molecule has 0 bridgehead atoms. The lowest BCUT2D eigenvalue weighted by Crippen LogP contribution is -2.46. The first kappa shape index (κ1) is 21.7. The number of nitrogens with one attached hydrogen (secondary N) is 1. The second kappa shape index (κ2) is 9.42. The van der Waals surface area contributed by atoms with Crippen LogP contribution < -0.4 is 5.30 Å². The van der Waals surface area contributed by atoms with Crippen LogP contribution in [0.3, 0.4) is 0 Å². The number of carbonyl (C=O) groups excluding carboxylic acids is 1. The number of piperidine rings is 1. The average Bonchev–Trinajstić information content (AvgIpc) is 3.32. The van der Waals surface area contributed by atoms with Crippen molar-refractivity contribution in [3.63, 3.8) is 0 Å². The van der Waals surface area contributed by atoms with Gasteiger partial charge < -0.3 is 14.8 Å². The molecule has 1 fully saturated rings. The van der Waals surface area contributed by atoms with Crippen molar-refractivity contribution >= 4 is 31.4 Å². The molecule has 1 saturated heterocycles. The predicted octanol–water partition coefficient (Wildman–Crippen LogP) is 3.86. The van der Waals surface area contributed by atoms with Crippen LogP contribution in [0.15, 0.2) is 67.3 Å². The van der Waals surface area contributed by atoms with E-state index in [0.717, 1.165) is 47.9 Å². The van der Waals surface area contributed by atoms with Gasteiger partial charge in [-0.15, -0.1) is 9.24 Å². The minimum absolute atomic E-state index is 0.0544. The number of nitrogens with zero attached hydrogens (tertiary/aromatic N) is 4. The van der Waals surface area contributed by atoms with Crippen LogP contribution in [0.1, 0.15) is 28.9 Å². The first-order chi connectivity index (χ1) is 16.1. The number of benzene rings is 2. The molecule has 2 aromatic carbocycles.